The van der Waals surface area contributed by atoms with Crippen molar-refractivity contribution in [3.05, 3.63) is 33.3 Å². The van der Waals surface area contributed by atoms with E-state index in [2.05, 4.69) is 5.32 Å². The standard InChI is InChI=1S/C23H30ClN5O6S/c1-13-10-27(36(34,35)28(11-13)18-3-2-17(24)6-19(18)29(32)33)12-20(30)26-21-15-4-14-5-16(21)9-23(7-14,8-15)22(25)31/h2-3,6,13-16,21H,4-5,7-12H2,1H3,(H2,25,31)(H,26,30). The van der Waals surface area contributed by atoms with Gasteiger partial charge in [-0.25, -0.2) is 0 Å². The average molecular weight is 540 g/mol. The molecule has 4 bridgehead atoms. The molecule has 13 heteroatoms. The van der Waals surface area contributed by atoms with Crippen LogP contribution in [0.15, 0.2) is 18.2 Å². The van der Waals surface area contributed by atoms with Crippen LogP contribution in [0.2, 0.25) is 5.02 Å². The molecule has 5 fully saturated rings. The number of rotatable bonds is 6. The molecule has 0 radical (unpaired) electrons. The topological polar surface area (TPSA) is 156 Å². The van der Waals surface area contributed by atoms with E-state index in [1.54, 1.807) is 0 Å². The summed E-state index contributed by atoms with van der Waals surface area (Å²) in [5, 5.41) is 14.8. The van der Waals surface area contributed by atoms with Crippen LogP contribution in [-0.2, 0) is 19.8 Å². The maximum atomic E-state index is 13.5. The number of nitrogens with one attached hydrogen (secondary N) is 1. The highest BCUT2D eigenvalue weighted by molar-refractivity contribution is 7.90. The number of primary amides is 1. The molecule has 11 nitrogen and oxygen atoms in total. The van der Waals surface area contributed by atoms with Gasteiger partial charge in [-0.1, -0.05) is 18.5 Å². The fraction of sp³-hybridized carbons (Fsp3) is 0.652. The van der Waals surface area contributed by atoms with Gasteiger partial charge >= 0.3 is 10.2 Å². The number of halogens is 1. The van der Waals surface area contributed by atoms with Crippen molar-refractivity contribution in [3.8, 4) is 0 Å². The molecule has 1 aromatic carbocycles. The van der Waals surface area contributed by atoms with Crippen LogP contribution in [0.5, 0.6) is 0 Å². The number of benzene rings is 1. The highest BCUT2D eigenvalue weighted by Gasteiger charge is 2.58. The average Bonchev–Trinajstić information content (AvgIpc) is 2.78. The zero-order chi connectivity index (χ0) is 26.0. The summed E-state index contributed by atoms with van der Waals surface area (Å²) < 4.78 is 29.0. The number of nitro groups is 1. The number of nitrogens with two attached hydrogens (primary N) is 1. The summed E-state index contributed by atoms with van der Waals surface area (Å²) in [4.78, 5) is 36.2. The van der Waals surface area contributed by atoms with E-state index in [0.29, 0.717) is 18.8 Å². The molecule has 5 aliphatic rings. The van der Waals surface area contributed by atoms with Crippen LogP contribution in [0.1, 0.15) is 39.0 Å². The van der Waals surface area contributed by atoms with Crippen LogP contribution in [-0.4, -0.2) is 55.1 Å². The normalized spacial score (nSPS) is 34.9. The van der Waals surface area contributed by atoms with Gasteiger partial charge in [0, 0.05) is 35.6 Å². The maximum absolute atomic E-state index is 13.5. The molecule has 3 atom stereocenters. The summed E-state index contributed by atoms with van der Waals surface area (Å²) in [5.74, 6) is -0.0979. The lowest BCUT2D eigenvalue weighted by atomic mass is 9.47. The number of nitrogens with zero attached hydrogens (tertiary/aromatic N) is 3. The predicted octanol–water partition coefficient (Wildman–Crippen LogP) is 2.05. The molecule has 1 aliphatic heterocycles. The lowest BCUT2D eigenvalue weighted by molar-refractivity contribution is -0.384. The Kier molecular flexibility index (Phi) is 6.19. The highest BCUT2D eigenvalue weighted by atomic mass is 35.5. The van der Waals surface area contributed by atoms with E-state index < -0.39 is 32.1 Å². The maximum Gasteiger partial charge on any atom is 0.304 e. The Hall–Kier alpha value is -2.44. The molecule has 3 N–H and O–H groups in total. The summed E-state index contributed by atoms with van der Waals surface area (Å²) >= 11 is 5.91. The summed E-state index contributed by atoms with van der Waals surface area (Å²) in [7, 11) is -4.20. The van der Waals surface area contributed by atoms with Gasteiger partial charge in [0.1, 0.15) is 5.69 Å². The first-order valence-corrected chi connectivity index (χ1v) is 14.0. The number of anilines is 1. The lowest BCUT2D eigenvalue weighted by Crippen LogP contribution is -2.63. The second-order valence-electron chi connectivity index (χ2n) is 11.0. The van der Waals surface area contributed by atoms with Gasteiger partial charge in [-0.05, 0) is 67.9 Å². The Labute approximate surface area is 214 Å². The number of hydrogen-bond donors (Lipinski definition) is 2. The number of hydrogen-bond acceptors (Lipinski definition) is 6. The molecule has 1 aromatic rings. The largest absolute Gasteiger partial charge is 0.369 e. The van der Waals surface area contributed by atoms with Gasteiger partial charge in [0.2, 0.25) is 11.8 Å². The van der Waals surface area contributed by atoms with Crippen LogP contribution in [0, 0.1) is 39.2 Å². The van der Waals surface area contributed by atoms with E-state index in [4.69, 9.17) is 17.3 Å². The van der Waals surface area contributed by atoms with E-state index in [1.165, 1.54) is 12.1 Å². The van der Waals surface area contributed by atoms with Crippen molar-refractivity contribution in [2.45, 2.75) is 45.1 Å². The number of amides is 2. The minimum absolute atomic E-state index is 0.0479. The predicted molar refractivity (Wildman–Crippen MR) is 132 cm³/mol. The van der Waals surface area contributed by atoms with Gasteiger partial charge in [-0.15, -0.1) is 0 Å². The van der Waals surface area contributed by atoms with Crippen LogP contribution in [0.3, 0.4) is 0 Å². The summed E-state index contributed by atoms with van der Waals surface area (Å²) in [6.07, 6.45) is 4.01. The second-order valence-corrected chi connectivity index (χ2v) is 13.3. The molecule has 3 unspecified atom stereocenters. The Bertz CT molecular complexity index is 1210. The summed E-state index contributed by atoms with van der Waals surface area (Å²) in [6, 6.07) is 3.73. The first kappa shape index (κ1) is 25.2. The zero-order valence-electron chi connectivity index (χ0n) is 19.9. The third-order valence-corrected chi connectivity index (χ3v) is 10.5. The van der Waals surface area contributed by atoms with Crippen molar-refractivity contribution in [2.24, 2.45) is 34.8 Å². The molecule has 0 aromatic heterocycles. The van der Waals surface area contributed by atoms with Gasteiger partial charge in [-0.3, -0.25) is 24.0 Å². The van der Waals surface area contributed by atoms with Gasteiger partial charge in [0.25, 0.3) is 5.69 Å². The summed E-state index contributed by atoms with van der Waals surface area (Å²) in [6.45, 7) is 1.62. The van der Waals surface area contributed by atoms with Crippen molar-refractivity contribution in [1.82, 2.24) is 9.62 Å². The fourth-order valence-electron chi connectivity index (χ4n) is 7.19. The Morgan fingerprint density at radius 1 is 1.22 bits per heavy atom. The molecule has 36 heavy (non-hydrogen) atoms. The molecular formula is C23H30ClN5O6S. The minimum Gasteiger partial charge on any atom is -0.369 e. The third kappa shape index (κ3) is 4.22. The first-order valence-electron chi connectivity index (χ1n) is 12.2. The zero-order valence-corrected chi connectivity index (χ0v) is 21.5. The van der Waals surface area contributed by atoms with Crippen LogP contribution in [0.4, 0.5) is 11.4 Å². The van der Waals surface area contributed by atoms with Gasteiger partial charge in [0.15, 0.2) is 0 Å². The van der Waals surface area contributed by atoms with E-state index in [9.17, 15) is 28.1 Å². The first-order chi connectivity index (χ1) is 16.9. The number of nitro benzene ring substituents is 1. The summed E-state index contributed by atoms with van der Waals surface area (Å²) in [5.41, 5.74) is 4.78. The number of carbonyl (C=O) groups is 2. The SMILES string of the molecule is CC1CN(CC(=O)NC2C3CC4CC2CC(C(N)=O)(C4)C3)S(=O)(=O)N(c2ccc(Cl)cc2[N+](=O)[O-])C1. The van der Waals surface area contributed by atoms with Crippen molar-refractivity contribution < 1.29 is 22.9 Å². The molecule has 1 heterocycles. The van der Waals surface area contributed by atoms with E-state index >= 15 is 0 Å². The molecule has 0 spiro atoms. The van der Waals surface area contributed by atoms with Crippen molar-refractivity contribution in [2.75, 3.05) is 23.9 Å². The molecule has 6 rings (SSSR count). The molecule has 2 amide bonds. The van der Waals surface area contributed by atoms with Crippen molar-refractivity contribution in [1.29, 1.82) is 0 Å². The molecule has 4 saturated carbocycles. The van der Waals surface area contributed by atoms with E-state index in [-0.39, 0.29) is 60.0 Å². The van der Waals surface area contributed by atoms with E-state index in [1.807, 2.05) is 6.92 Å². The quantitative estimate of drug-likeness (QED) is 0.416. The van der Waals surface area contributed by atoms with Crippen molar-refractivity contribution >= 4 is 45.0 Å². The smallest absolute Gasteiger partial charge is 0.304 e. The van der Waals surface area contributed by atoms with E-state index in [0.717, 1.165) is 33.9 Å². The van der Waals surface area contributed by atoms with Gasteiger partial charge in [0.05, 0.1) is 11.5 Å². The molecule has 1 saturated heterocycles. The molecule has 4 aliphatic carbocycles. The lowest BCUT2D eigenvalue weighted by Gasteiger charge is -2.58. The van der Waals surface area contributed by atoms with Gasteiger partial charge < -0.3 is 11.1 Å². The van der Waals surface area contributed by atoms with Gasteiger partial charge in [-0.2, -0.15) is 12.7 Å². The van der Waals surface area contributed by atoms with Crippen LogP contribution < -0.4 is 15.4 Å². The van der Waals surface area contributed by atoms with Crippen LogP contribution >= 0.6 is 11.6 Å². The number of carbonyl (C=O) groups excluding carboxylic acids is 2. The third-order valence-electron chi connectivity index (χ3n) is 8.44. The Balaban J connectivity index is 1.33. The Morgan fingerprint density at radius 3 is 2.50 bits per heavy atom. The van der Waals surface area contributed by atoms with Crippen LogP contribution in [0.25, 0.3) is 0 Å². The highest BCUT2D eigenvalue weighted by Crippen LogP contribution is 2.59. The molecular weight excluding hydrogens is 510 g/mol. The monoisotopic (exact) mass is 539 g/mol. The fourth-order valence-corrected chi connectivity index (χ4v) is 9.21. The minimum atomic E-state index is -4.20. The second kappa shape index (κ2) is 8.84. The van der Waals surface area contributed by atoms with Crippen molar-refractivity contribution in [3.63, 3.8) is 0 Å². The Morgan fingerprint density at radius 2 is 1.89 bits per heavy atom. The molecule has 196 valence electrons.